The predicted octanol–water partition coefficient (Wildman–Crippen LogP) is 1.45. The second-order valence-corrected chi connectivity index (χ2v) is 6.96. The quantitative estimate of drug-likeness (QED) is 0.640. The maximum atomic E-state index is 13.1. The van der Waals surface area contributed by atoms with Crippen molar-refractivity contribution in [1.29, 1.82) is 0 Å². The molecule has 1 unspecified atom stereocenters. The topological polar surface area (TPSA) is 87.5 Å². The SMILES string of the molecule is Cn1cc(N2CCC3(CCc4cc(C(=O)NO)ccc4C3)C2=O)cn1. The van der Waals surface area contributed by atoms with E-state index in [0.717, 1.165) is 36.1 Å². The van der Waals surface area contributed by atoms with Crippen molar-refractivity contribution < 1.29 is 14.8 Å². The Kier molecular flexibility index (Phi) is 3.61. The minimum absolute atomic E-state index is 0.170. The highest BCUT2D eigenvalue weighted by Gasteiger charge is 2.48. The molecule has 2 amide bonds. The molecule has 0 radical (unpaired) electrons. The summed E-state index contributed by atoms with van der Waals surface area (Å²) in [6.45, 7) is 0.713. The number of carbonyl (C=O) groups excluding carboxylic acids is 2. The largest absolute Gasteiger partial charge is 0.309 e. The van der Waals surface area contributed by atoms with E-state index in [2.05, 4.69) is 5.10 Å². The zero-order chi connectivity index (χ0) is 17.6. The number of benzene rings is 1. The van der Waals surface area contributed by atoms with Crippen molar-refractivity contribution in [2.24, 2.45) is 12.5 Å². The summed E-state index contributed by atoms with van der Waals surface area (Å²) in [6, 6.07) is 5.41. The Morgan fingerprint density at radius 1 is 1.32 bits per heavy atom. The Morgan fingerprint density at radius 3 is 2.88 bits per heavy atom. The molecule has 1 aliphatic carbocycles. The van der Waals surface area contributed by atoms with Gasteiger partial charge in [-0.2, -0.15) is 5.10 Å². The van der Waals surface area contributed by atoms with Crippen molar-refractivity contribution in [3.8, 4) is 0 Å². The number of aromatic nitrogens is 2. The van der Waals surface area contributed by atoms with Gasteiger partial charge in [-0.25, -0.2) is 5.48 Å². The van der Waals surface area contributed by atoms with Crippen LogP contribution in [-0.4, -0.2) is 33.3 Å². The Bertz CT molecular complexity index is 860. The Balaban J connectivity index is 1.59. The van der Waals surface area contributed by atoms with E-state index in [1.54, 1.807) is 22.4 Å². The third-order valence-corrected chi connectivity index (χ3v) is 5.49. The number of carbonyl (C=O) groups is 2. The van der Waals surface area contributed by atoms with Crippen LogP contribution in [0.15, 0.2) is 30.6 Å². The number of hydrogen-bond donors (Lipinski definition) is 2. The van der Waals surface area contributed by atoms with Crippen molar-refractivity contribution in [3.63, 3.8) is 0 Å². The van der Waals surface area contributed by atoms with Crippen molar-refractivity contribution in [2.45, 2.75) is 25.7 Å². The highest BCUT2D eigenvalue weighted by atomic mass is 16.5. The van der Waals surface area contributed by atoms with Gasteiger partial charge in [-0.3, -0.25) is 19.5 Å². The van der Waals surface area contributed by atoms with E-state index >= 15 is 0 Å². The van der Waals surface area contributed by atoms with E-state index in [1.807, 2.05) is 30.3 Å². The van der Waals surface area contributed by atoms with Crippen LogP contribution < -0.4 is 10.4 Å². The molecule has 2 aliphatic rings. The Labute approximate surface area is 145 Å². The second-order valence-electron chi connectivity index (χ2n) is 6.96. The summed E-state index contributed by atoms with van der Waals surface area (Å²) in [4.78, 5) is 26.5. The first-order valence-electron chi connectivity index (χ1n) is 8.39. The first kappa shape index (κ1) is 15.8. The molecule has 1 spiro atoms. The molecule has 0 saturated carbocycles. The molecule has 1 aliphatic heterocycles. The van der Waals surface area contributed by atoms with E-state index in [-0.39, 0.29) is 11.3 Å². The summed E-state index contributed by atoms with van der Waals surface area (Å²) in [5, 5.41) is 12.9. The zero-order valence-electron chi connectivity index (χ0n) is 14.0. The lowest BCUT2D eigenvalue weighted by molar-refractivity contribution is -0.126. The average molecular weight is 340 g/mol. The fourth-order valence-electron chi connectivity index (χ4n) is 4.07. The van der Waals surface area contributed by atoms with Gasteiger partial charge >= 0.3 is 0 Å². The highest BCUT2D eigenvalue weighted by Crippen LogP contribution is 2.45. The van der Waals surface area contributed by atoms with Crippen LogP contribution in [0.25, 0.3) is 0 Å². The van der Waals surface area contributed by atoms with Crippen LogP contribution in [0.4, 0.5) is 5.69 Å². The molecule has 1 aromatic carbocycles. The minimum Gasteiger partial charge on any atom is -0.309 e. The Morgan fingerprint density at radius 2 is 2.16 bits per heavy atom. The van der Waals surface area contributed by atoms with E-state index in [0.29, 0.717) is 18.5 Å². The number of aryl methyl sites for hydroxylation is 2. The van der Waals surface area contributed by atoms with Crippen LogP contribution in [-0.2, 0) is 24.7 Å². The van der Waals surface area contributed by atoms with Gasteiger partial charge in [0, 0.05) is 25.4 Å². The van der Waals surface area contributed by atoms with E-state index < -0.39 is 5.91 Å². The second kappa shape index (κ2) is 5.70. The van der Waals surface area contributed by atoms with Gasteiger partial charge < -0.3 is 4.90 Å². The van der Waals surface area contributed by atoms with E-state index in [4.69, 9.17) is 5.21 Å². The molecular weight excluding hydrogens is 320 g/mol. The van der Waals surface area contributed by atoms with Gasteiger partial charge in [-0.15, -0.1) is 0 Å². The molecule has 25 heavy (non-hydrogen) atoms. The van der Waals surface area contributed by atoms with Gasteiger partial charge in [0.15, 0.2) is 0 Å². The molecule has 2 aromatic rings. The number of hydroxylamine groups is 1. The van der Waals surface area contributed by atoms with E-state index in [1.165, 1.54) is 0 Å². The third-order valence-electron chi connectivity index (χ3n) is 5.49. The number of rotatable bonds is 2. The van der Waals surface area contributed by atoms with Gasteiger partial charge in [-0.05, 0) is 48.9 Å². The summed E-state index contributed by atoms with van der Waals surface area (Å²) in [6.07, 6.45) is 6.66. The smallest absolute Gasteiger partial charge is 0.274 e. The van der Waals surface area contributed by atoms with Crippen molar-refractivity contribution >= 4 is 17.5 Å². The van der Waals surface area contributed by atoms with Crippen LogP contribution in [0.2, 0.25) is 0 Å². The van der Waals surface area contributed by atoms with Crippen LogP contribution in [0.5, 0.6) is 0 Å². The summed E-state index contributed by atoms with van der Waals surface area (Å²) >= 11 is 0. The lowest BCUT2D eigenvalue weighted by Gasteiger charge is -2.33. The van der Waals surface area contributed by atoms with Crippen LogP contribution in [0.1, 0.15) is 34.3 Å². The van der Waals surface area contributed by atoms with Gasteiger partial charge in [0.2, 0.25) is 5.91 Å². The molecule has 1 atom stereocenters. The molecular formula is C18H20N4O3. The fourth-order valence-corrected chi connectivity index (χ4v) is 4.07. The molecule has 0 bridgehead atoms. The van der Waals surface area contributed by atoms with E-state index in [9.17, 15) is 9.59 Å². The van der Waals surface area contributed by atoms with Gasteiger partial charge in [0.25, 0.3) is 5.91 Å². The fraction of sp³-hybridized carbons (Fsp3) is 0.389. The lowest BCUT2D eigenvalue weighted by Crippen LogP contribution is -2.38. The maximum absolute atomic E-state index is 13.1. The standard InChI is InChI=1S/C18H20N4O3/c1-21-11-15(10-19-21)22-7-6-18(17(22)24)5-4-12-8-13(16(23)20-25)2-3-14(12)9-18/h2-3,8,10-11,25H,4-7,9H2,1H3,(H,20,23). The highest BCUT2D eigenvalue weighted by molar-refractivity contribution is 6.00. The first-order valence-corrected chi connectivity index (χ1v) is 8.39. The monoisotopic (exact) mass is 340 g/mol. The minimum atomic E-state index is -0.511. The summed E-state index contributed by atoms with van der Waals surface area (Å²) < 4.78 is 1.71. The number of anilines is 1. The van der Waals surface area contributed by atoms with Gasteiger partial charge in [0.1, 0.15) is 0 Å². The first-order chi connectivity index (χ1) is 12.0. The molecule has 1 fully saturated rings. The molecule has 130 valence electrons. The molecule has 1 saturated heterocycles. The lowest BCUT2D eigenvalue weighted by atomic mass is 9.70. The molecule has 7 nitrogen and oxygen atoms in total. The third kappa shape index (κ3) is 2.51. The number of nitrogens with one attached hydrogen (secondary N) is 1. The summed E-state index contributed by atoms with van der Waals surface area (Å²) in [7, 11) is 1.84. The van der Waals surface area contributed by atoms with Gasteiger partial charge in [-0.1, -0.05) is 6.07 Å². The van der Waals surface area contributed by atoms with Crippen LogP contribution in [0, 0.1) is 5.41 Å². The van der Waals surface area contributed by atoms with Crippen LogP contribution >= 0.6 is 0 Å². The summed E-state index contributed by atoms with van der Waals surface area (Å²) in [5.41, 5.74) is 4.79. The number of hydrogen-bond acceptors (Lipinski definition) is 4. The number of amides is 2. The van der Waals surface area contributed by atoms with Crippen molar-refractivity contribution in [2.75, 3.05) is 11.4 Å². The molecule has 1 aromatic heterocycles. The maximum Gasteiger partial charge on any atom is 0.274 e. The van der Waals surface area contributed by atoms with Gasteiger partial charge in [0.05, 0.1) is 17.3 Å². The molecule has 7 heteroatoms. The van der Waals surface area contributed by atoms with Crippen LogP contribution in [0.3, 0.4) is 0 Å². The normalized spacial score (nSPS) is 22.3. The predicted molar refractivity (Wildman–Crippen MR) is 90.3 cm³/mol. The molecule has 2 heterocycles. The van der Waals surface area contributed by atoms with Crippen molar-refractivity contribution in [3.05, 3.63) is 47.3 Å². The molecule has 2 N–H and O–H groups in total. The Hall–Kier alpha value is -2.67. The average Bonchev–Trinajstić information content (AvgIpc) is 3.18. The van der Waals surface area contributed by atoms with Crippen molar-refractivity contribution in [1.82, 2.24) is 15.3 Å². The zero-order valence-corrected chi connectivity index (χ0v) is 14.0. The molecule has 4 rings (SSSR count). The number of nitrogens with zero attached hydrogens (tertiary/aromatic N) is 3. The number of fused-ring (bicyclic) bond motifs is 1. The summed E-state index contributed by atoms with van der Waals surface area (Å²) in [5.74, 6) is -0.342.